The Hall–Kier alpha value is -2.90. The van der Waals surface area contributed by atoms with Crippen molar-refractivity contribution in [3.05, 3.63) is 42.1 Å². The third kappa shape index (κ3) is 2.69. The number of carboxylic acid groups (broad SMARTS) is 1. The van der Waals surface area contributed by atoms with Gasteiger partial charge in [-0.3, -0.25) is 0 Å². The van der Waals surface area contributed by atoms with Crippen LogP contribution in [0.15, 0.2) is 36.5 Å². The van der Waals surface area contributed by atoms with Crippen molar-refractivity contribution in [3.8, 4) is 11.5 Å². The zero-order valence-electron chi connectivity index (χ0n) is 10.3. The molecule has 0 bridgehead atoms. The number of hydrogen-bond acceptors (Lipinski definition) is 5. The van der Waals surface area contributed by atoms with E-state index in [0.29, 0.717) is 5.69 Å². The quantitative estimate of drug-likeness (QED) is 0.906. The molecule has 8 heteroatoms. The van der Waals surface area contributed by atoms with Crippen molar-refractivity contribution in [2.75, 3.05) is 5.32 Å². The van der Waals surface area contributed by atoms with Gasteiger partial charge in [0.25, 0.3) is 0 Å². The molecule has 0 saturated carbocycles. The molecule has 0 saturated heterocycles. The number of carboxylic acids is 1. The number of ether oxygens (including phenoxy) is 2. The maximum Gasteiger partial charge on any atom is 0.586 e. The molecule has 0 atom stereocenters. The molecule has 2 heterocycles. The van der Waals surface area contributed by atoms with Gasteiger partial charge in [-0.1, -0.05) is 0 Å². The van der Waals surface area contributed by atoms with Crippen molar-refractivity contribution >= 4 is 17.5 Å². The number of benzene rings is 1. The number of rotatable bonds is 3. The largest absolute Gasteiger partial charge is 0.586 e. The highest BCUT2D eigenvalue weighted by Crippen LogP contribution is 2.42. The van der Waals surface area contributed by atoms with E-state index in [4.69, 9.17) is 5.11 Å². The summed E-state index contributed by atoms with van der Waals surface area (Å²) in [5, 5.41) is 11.7. The minimum atomic E-state index is -3.68. The van der Waals surface area contributed by atoms with Crippen LogP contribution in [0, 0.1) is 0 Å². The molecule has 0 radical (unpaired) electrons. The number of nitrogens with zero attached hydrogens (tertiary/aromatic N) is 1. The second-order valence-electron chi connectivity index (χ2n) is 4.19. The molecule has 6 nitrogen and oxygen atoms in total. The molecule has 21 heavy (non-hydrogen) atoms. The topological polar surface area (TPSA) is 80.7 Å². The average molecular weight is 294 g/mol. The maximum atomic E-state index is 12.9. The van der Waals surface area contributed by atoms with Crippen molar-refractivity contribution in [1.82, 2.24) is 4.98 Å². The fourth-order valence-corrected chi connectivity index (χ4v) is 1.81. The van der Waals surface area contributed by atoms with Gasteiger partial charge in [-0.25, -0.2) is 9.78 Å². The average Bonchev–Trinajstić information content (AvgIpc) is 2.72. The number of aromatic carboxylic acids is 1. The molecule has 0 fully saturated rings. The van der Waals surface area contributed by atoms with Crippen LogP contribution in [0.1, 0.15) is 10.4 Å². The third-order valence-electron chi connectivity index (χ3n) is 2.68. The van der Waals surface area contributed by atoms with Gasteiger partial charge >= 0.3 is 12.3 Å². The summed E-state index contributed by atoms with van der Waals surface area (Å²) < 4.78 is 34.4. The lowest BCUT2D eigenvalue weighted by Gasteiger charge is -2.06. The summed E-state index contributed by atoms with van der Waals surface area (Å²) in [6.07, 6.45) is -2.35. The molecule has 3 rings (SSSR count). The second kappa shape index (κ2) is 4.58. The third-order valence-corrected chi connectivity index (χ3v) is 2.68. The van der Waals surface area contributed by atoms with Gasteiger partial charge in [0, 0.05) is 18.0 Å². The zero-order chi connectivity index (χ0) is 15.0. The normalized spacial score (nSPS) is 14.8. The Balaban J connectivity index is 1.84. The Morgan fingerprint density at radius 1 is 1.19 bits per heavy atom. The molecule has 0 unspecified atom stereocenters. The molecular formula is C13H8F2N2O4. The van der Waals surface area contributed by atoms with Gasteiger partial charge < -0.3 is 19.9 Å². The van der Waals surface area contributed by atoms with Gasteiger partial charge in [0.2, 0.25) is 0 Å². The molecule has 2 aromatic rings. The lowest BCUT2D eigenvalue weighted by atomic mass is 10.2. The highest BCUT2D eigenvalue weighted by atomic mass is 19.3. The molecule has 1 aromatic carbocycles. The Bertz CT molecular complexity index is 721. The molecule has 1 aliphatic rings. The maximum absolute atomic E-state index is 12.9. The van der Waals surface area contributed by atoms with E-state index >= 15 is 0 Å². The Labute approximate surface area is 116 Å². The highest BCUT2D eigenvalue weighted by Gasteiger charge is 2.43. The predicted molar refractivity (Wildman–Crippen MR) is 67.1 cm³/mol. The van der Waals surface area contributed by atoms with E-state index < -0.39 is 12.3 Å². The smallest absolute Gasteiger partial charge is 0.478 e. The first-order valence-corrected chi connectivity index (χ1v) is 5.79. The van der Waals surface area contributed by atoms with Gasteiger partial charge in [0.15, 0.2) is 11.5 Å². The highest BCUT2D eigenvalue weighted by molar-refractivity contribution is 5.88. The first-order valence-electron chi connectivity index (χ1n) is 5.79. The Morgan fingerprint density at radius 2 is 1.95 bits per heavy atom. The lowest BCUT2D eigenvalue weighted by Crippen LogP contribution is -2.25. The van der Waals surface area contributed by atoms with E-state index in [2.05, 4.69) is 19.8 Å². The van der Waals surface area contributed by atoms with Gasteiger partial charge in [0.05, 0.1) is 5.56 Å². The van der Waals surface area contributed by atoms with Crippen LogP contribution in [0.2, 0.25) is 0 Å². The van der Waals surface area contributed by atoms with Crippen molar-refractivity contribution in [2.24, 2.45) is 0 Å². The summed E-state index contributed by atoms with van der Waals surface area (Å²) in [4.78, 5) is 14.8. The number of aromatic nitrogens is 1. The molecule has 2 N–H and O–H groups in total. The van der Waals surface area contributed by atoms with Crippen LogP contribution >= 0.6 is 0 Å². The Kier molecular flexibility index (Phi) is 2.86. The molecule has 1 aromatic heterocycles. The summed E-state index contributed by atoms with van der Waals surface area (Å²) in [7, 11) is 0. The summed E-state index contributed by atoms with van der Waals surface area (Å²) in [5.41, 5.74) is 0.463. The number of alkyl halides is 2. The number of fused-ring (bicyclic) bond motifs is 1. The fourth-order valence-electron chi connectivity index (χ4n) is 1.81. The van der Waals surface area contributed by atoms with E-state index in [9.17, 15) is 13.6 Å². The fraction of sp³-hybridized carbons (Fsp3) is 0.0769. The number of halogens is 2. The first kappa shape index (κ1) is 13.1. The van der Waals surface area contributed by atoms with E-state index in [0.717, 1.165) is 0 Å². The summed E-state index contributed by atoms with van der Waals surface area (Å²) in [6.45, 7) is 0. The lowest BCUT2D eigenvalue weighted by molar-refractivity contribution is -0.286. The van der Waals surface area contributed by atoms with Gasteiger partial charge in [-0.15, -0.1) is 8.78 Å². The second-order valence-corrected chi connectivity index (χ2v) is 4.19. The van der Waals surface area contributed by atoms with Gasteiger partial charge in [0.1, 0.15) is 5.82 Å². The van der Waals surface area contributed by atoms with Crippen molar-refractivity contribution in [3.63, 3.8) is 0 Å². The molecular weight excluding hydrogens is 286 g/mol. The minimum absolute atomic E-state index is 0.0553. The standard InChI is InChI=1S/C13H8F2N2O4/c14-13(15)20-9-2-1-8(6-10(9)21-13)17-11-5-7(12(18)19)3-4-16-11/h1-6H,(H,16,17)(H,18,19). The van der Waals surface area contributed by atoms with Crippen LogP contribution in [0.5, 0.6) is 11.5 Å². The molecule has 0 aliphatic carbocycles. The van der Waals surface area contributed by atoms with Crippen LogP contribution in [-0.2, 0) is 0 Å². The van der Waals surface area contributed by atoms with Crippen LogP contribution in [0.4, 0.5) is 20.3 Å². The van der Waals surface area contributed by atoms with Crippen LogP contribution in [-0.4, -0.2) is 22.4 Å². The summed E-state index contributed by atoms with van der Waals surface area (Å²) in [6, 6.07) is 6.78. The number of nitrogens with one attached hydrogen (secondary N) is 1. The Morgan fingerprint density at radius 3 is 2.71 bits per heavy atom. The minimum Gasteiger partial charge on any atom is -0.478 e. The number of hydrogen-bond donors (Lipinski definition) is 2. The monoisotopic (exact) mass is 294 g/mol. The van der Waals surface area contributed by atoms with Gasteiger partial charge in [-0.2, -0.15) is 0 Å². The van der Waals surface area contributed by atoms with Crippen LogP contribution < -0.4 is 14.8 Å². The van der Waals surface area contributed by atoms with Crippen molar-refractivity contribution in [2.45, 2.75) is 6.29 Å². The SMILES string of the molecule is O=C(O)c1ccnc(Nc2ccc3c(c2)OC(F)(F)O3)c1. The summed E-state index contributed by atoms with van der Waals surface area (Å²) in [5.74, 6) is -1.01. The van der Waals surface area contributed by atoms with E-state index in [1.54, 1.807) is 0 Å². The van der Waals surface area contributed by atoms with Crippen molar-refractivity contribution < 1.29 is 28.2 Å². The van der Waals surface area contributed by atoms with Gasteiger partial charge in [-0.05, 0) is 24.3 Å². The summed E-state index contributed by atoms with van der Waals surface area (Å²) >= 11 is 0. The molecule has 108 valence electrons. The van der Waals surface area contributed by atoms with Crippen LogP contribution in [0.25, 0.3) is 0 Å². The number of carbonyl (C=O) groups is 1. The number of pyridine rings is 1. The predicted octanol–water partition coefficient (Wildman–Crippen LogP) is 2.84. The van der Waals surface area contributed by atoms with E-state index in [1.807, 2.05) is 0 Å². The molecule has 0 spiro atoms. The molecule has 1 aliphatic heterocycles. The zero-order valence-corrected chi connectivity index (χ0v) is 10.3. The van der Waals surface area contributed by atoms with E-state index in [1.165, 1.54) is 36.5 Å². The van der Waals surface area contributed by atoms with Crippen LogP contribution in [0.3, 0.4) is 0 Å². The first-order chi connectivity index (χ1) is 9.93. The van der Waals surface area contributed by atoms with E-state index in [-0.39, 0.29) is 22.9 Å². The molecule has 0 amide bonds. The van der Waals surface area contributed by atoms with Crippen molar-refractivity contribution in [1.29, 1.82) is 0 Å². The number of anilines is 2.